The van der Waals surface area contributed by atoms with Gasteiger partial charge in [0.2, 0.25) is 0 Å². The van der Waals surface area contributed by atoms with Crippen LogP contribution in [0.25, 0.3) is 10.8 Å². The summed E-state index contributed by atoms with van der Waals surface area (Å²) in [7, 11) is -10.0. The van der Waals surface area contributed by atoms with E-state index in [9.17, 15) is 25.9 Å². The molecule has 21 heavy (non-hydrogen) atoms. The smallest absolute Gasteiger partial charge is 0.744 e. The minimum Gasteiger partial charge on any atom is -0.744 e. The molecule has 0 amide bonds. The van der Waals surface area contributed by atoms with Crippen LogP contribution in [-0.2, 0) is 20.2 Å². The Morgan fingerprint density at radius 1 is 0.905 bits per heavy atom. The summed E-state index contributed by atoms with van der Waals surface area (Å²) in [5.41, 5.74) is 4.52. The zero-order chi connectivity index (χ0) is 14.4. The molecule has 0 fully saturated rings. The van der Waals surface area contributed by atoms with Gasteiger partial charge in [-0.1, -0.05) is 24.3 Å². The van der Waals surface area contributed by atoms with E-state index < -0.39 is 35.7 Å². The molecule has 11 heteroatoms. The number of rotatable bonds is 2. The second kappa shape index (κ2) is 8.11. The van der Waals surface area contributed by atoms with Crippen LogP contribution >= 0.6 is 0 Å². The summed E-state index contributed by atoms with van der Waals surface area (Å²) >= 11 is 0. The number of benzene rings is 2. The number of fused-ring (bicyclic) bond motifs is 1. The van der Waals surface area contributed by atoms with E-state index in [0.29, 0.717) is 0 Å². The van der Waals surface area contributed by atoms with E-state index in [1.165, 1.54) is 24.3 Å². The van der Waals surface area contributed by atoms with Crippen molar-refractivity contribution in [2.75, 3.05) is 5.73 Å². The third-order valence-corrected chi connectivity index (χ3v) is 4.34. The molecular formula is C10H7K2NO6S2. The molecule has 0 bridgehead atoms. The van der Waals surface area contributed by atoms with Crippen molar-refractivity contribution >= 4 is 36.7 Å². The monoisotopic (exact) mass is 379 g/mol. The molecule has 0 atom stereocenters. The fourth-order valence-electron chi connectivity index (χ4n) is 1.78. The second-order valence-electron chi connectivity index (χ2n) is 3.75. The van der Waals surface area contributed by atoms with Gasteiger partial charge in [0.15, 0.2) is 0 Å². The summed E-state index contributed by atoms with van der Waals surface area (Å²) in [5, 5.41) is 0.1000. The van der Waals surface area contributed by atoms with Crippen molar-refractivity contribution < 1.29 is 129 Å². The van der Waals surface area contributed by atoms with Crippen LogP contribution in [0.1, 0.15) is 0 Å². The van der Waals surface area contributed by atoms with Crippen molar-refractivity contribution in [3.05, 3.63) is 30.3 Å². The van der Waals surface area contributed by atoms with Crippen molar-refractivity contribution in [3.8, 4) is 0 Å². The number of anilines is 1. The van der Waals surface area contributed by atoms with Crippen LogP contribution < -0.4 is 109 Å². The largest absolute Gasteiger partial charge is 1.00 e. The van der Waals surface area contributed by atoms with Crippen molar-refractivity contribution in [3.63, 3.8) is 0 Å². The maximum absolute atomic E-state index is 11.2. The summed E-state index contributed by atoms with van der Waals surface area (Å²) < 4.78 is 66.8. The van der Waals surface area contributed by atoms with Crippen LogP contribution in [0.15, 0.2) is 40.1 Å². The predicted octanol–water partition coefficient (Wildman–Crippen LogP) is -5.76. The van der Waals surface area contributed by atoms with Crippen molar-refractivity contribution in [2.24, 2.45) is 0 Å². The molecule has 0 saturated carbocycles. The van der Waals surface area contributed by atoms with E-state index in [1.807, 2.05) is 0 Å². The quantitative estimate of drug-likeness (QED) is 0.311. The van der Waals surface area contributed by atoms with E-state index in [2.05, 4.69) is 0 Å². The summed E-state index contributed by atoms with van der Waals surface area (Å²) in [6.07, 6.45) is 0. The molecule has 0 radical (unpaired) electrons. The van der Waals surface area contributed by atoms with Gasteiger partial charge in [-0.05, 0) is 11.5 Å². The normalized spacial score (nSPS) is 11.5. The Morgan fingerprint density at radius 3 is 1.90 bits per heavy atom. The second-order valence-corrected chi connectivity index (χ2v) is 6.41. The number of hydrogen-bond acceptors (Lipinski definition) is 7. The van der Waals surface area contributed by atoms with Crippen LogP contribution in [0.3, 0.4) is 0 Å². The maximum atomic E-state index is 11.2. The topological polar surface area (TPSA) is 140 Å². The Bertz CT molecular complexity index is 880. The van der Waals surface area contributed by atoms with Gasteiger partial charge in [-0.25, -0.2) is 16.8 Å². The summed E-state index contributed by atoms with van der Waals surface area (Å²) in [4.78, 5) is -1.80. The van der Waals surface area contributed by atoms with Crippen LogP contribution in [0.2, 0.25) is 0 Å². The van der Waals surface area contributed by atoms with E-state index in [0.717, 1.165) is 6.07 Å². The third-order valence-electron chi connectivity index (χ3n) is 2.52. The average molecular weight is 379 g/mol. The fourth-order valence-corrected chi connectivity index (χ4v) is 3.32. The van der Waals surface area contributed by atoms with Crippen molar-refractivity contribution in [2.45, 2.75) is 9.79 Å². The minimum absolute atomic E-state index is 0. The molecule has 0 unspecified atom stereocenters. The van der Waals surface area contributed by atoms with Gasteiger partial charge < -0.3 is 14.8 Å². The van der Waals surface area contributed by atoms with Gasteiger partial charge in [-0.2, -0.15) is 0 Å². The van der Waals surface area contributed by atoms with Gasteiger partial charge in [-0.3, -0.25) is 0 Å². The van der Waals surface area contributed by atoms with Gasteiger partial charge in [0.25, 0.3) is 0 Å². The molecule has 0 aliphatic carbocycles. The van der Waals surface area contributed by atoms with Crippen LogP contribution in [0, 0.1) is 0 Å². The molecule has 0 heterocycles. The standard InChI is InChI=1S/C10H9NO6S2.2K/c11-9-8(18(12,13)14)5-6-3-1-2-4-7(6)10(9)19(15,16)17;;/h1-5H,11H2,(H,12,13,14)(H,15,16,17);;/q;2*+1/p-2. The summed E-state index contributed by atoms with van der Waals surface area (Å²) in [6, 6.07) is 6.58. The Hall–Kier alpha value is 1.59. The predicted molar refractivity (Wildman–Crippen MR) is 64.3 cm³/mol. The SMILES string of the molecule is Nc1c(S(=O)(=O)[O-])cc2ccccc2c1S(=O)(=O)[O-].[K+].[K+]. The number of nitrogens with two attached hydrogens (primary N) is 1. The molecule has 2 rings (SSSR count). The summed E-state index contributed by atoms with van der Waals surface area (Å²) in [5.74, 6) is 0. The van der Waals surface area contributed by atoms with Gasteiger partial charge in [0.1, 0.15) is 20.2 Å². The zero-order valence-electron chi connectivity index (χ0n) is 11.2. The molecule has 0 aromatic heterocycles. The van der Waals surface area contributed by atoms with Gasteiger partial charge >= 0.3 is 103 Å². The molecule has 0 aliphatic heterocycles. The number of nitrogen functional groups attached to an aromatic ring is 1. The first-order chi connectivity index (χ1) is 8.62. The van der Waals surface area contributed by atoms with Crippen molar-refractivity contribution in [1.29, 1.82) is 0 Å². The van der Waals surface area contributed by atoms with E-state index >= 15 is 0 Å². The van der Waals surface area contributed by atoms with E-state index in [-0.39, 0.29) is 114 Å². The molecule has 2 aromatic rings. The van der Waals surface area contributed by atoms with Gasteiger partial charge in [-0.15, -0.1) is 0 Å². The Kier molecular flexibility index (Phi) is 8.73. The molecule has 0 spiro atoms. The Balaban J connectivity index is 0.00000200. The van der Waals surface area contributed by atoms with Gasteiger partial charge in [0.05, 0.1) is 15.5 Å². The third kappa shape index (κ3) is 5.03. The average Bonchev–Trinajstić information content (AvgIpc) is 2.24. The number of hydrogen-bond donors (Lipinski definition) is 1. The molecule has 102 valence electrons. The van der Waals surface area contributed by atoms with Gasteiger partial charge in [0, 0.05) is 5.39 Å². The molecule has 0 aliphatic rings. The molecule has 2 aromatic carbocycles. The molecule has 0 saturated heterocycles. The molecule has 7 nitrogen and oxygen atoms in total. The van der Waals surface area contributed by atoms with E-state index in [1.54, 1.807) is 0 Å². The van der Waals surface area contributed by atoms with Crippen LogP contribution in [0.4, 0.5) is 5.69 Å². The van der Waals surface area contributed by atoms with E-state index in [4.69, 9.17) is 5.73 Å². The first-order valence-electron chi connectivity index (χ1n) is 4.85. The van der Waals surface area contributed by atoms with Crippen LogP contribution in [-0.4, -0.2) is 25.9 Å². The Labute approximate surface area is 207 Å². The maximum Gasteiger partial charge on any atom is 1.00 e. The minimum atomic E-state index is -5.02. The van der Waals surface area contributed by atoms with Crippen molar-refractivity contribution in [1.82, 2.24) is 0 Å². The Morgan fingerprint density at radius 2 is 1.43 bits per heavy atom. The zero-order valence-corrected chi connectivity index (χ0v) is 19.1. The fraction of sp³-hybridized carbons (Fsp3) is 0. The van der Waals surface area contributed by atoms with Crippen LogP contribution in [0.5, 0.6) is 0 Å². The summed E-state index contributed by atoms with van der Waals surface area (Å²) in [6.45, 7) is 0. The first kappa shape index (κ1) is 22.6. The first-order valence-corrected chi connectivity index (χ1v) is 7.67. The molecular weight excluding hydrogens is 372 g/mol. The molecule has 2 N–H and O–H groups in total.